The SMILES string of the molecule is CN1CCC(Oc2ncc(Cl)cc2F)CC1. The monoisotopic (exact) mass is 244 g/mol. The Kier molecular flexibility index (Phi) is 3.61. The third kappa shape index (κ3) is 2.83. The Morgan fingerprint density at radius 2 is 2.19 bits per heavy atom. The first-order valence-electron chi connectivity index (χ1n) is 5.31. The van der Waals surface area contributed by atoms with Gasteiger partial charge in [-0.15, -0.1) is 0 Å². The summed E-state index contributed by atoms with van der Waals surface area (Å²) < 4.78 is 18.9. The fraction of sp³-hybridized carbons (Fsp3) is 0.545. The molecular weight excluding hydrogens is 231 g/mol. The standard InChI is InChI=1S/C11H14ClFN2O/c1-15-4-2-9(3-5-15)16-11-10(13)6-8(12)7-14-11/h6-7,9H,2-5H2,1H3. The molecule has 0 unspecified atom stereocenters. The normalized spacial score (nSPS) is 18.7. The number of piperidine rings is 1. The van der Waals surface area contributed by atoms with Crippen molar-refractivity contribution >= 4 is 11.6 Å². The summed E-state index contributed by atoms with van der Waals surface area (Å²) in [4.78, 5) is 6.08. The second-order valence-electron chi connectivity index (χ2n) is 4.06. The summed E-state index contributed by atoms with van der Waals surface area (Å²) in [5.74, 6) is -0.439. The largest absolute Gasteiger partial charge is 0.472 e. The molecule has 1 aromatic heterocycles. The number of ether oxygens (including phenoxy) is 1. The maximum atomic E-state index is 13.4. The minimum absolute atomic E-state index is 0.0546. The van der Waals surface area contributed by atoms with Crippen molar-refractivity contribution in [3.8, 4) is 5.88 Å². The molecule has 5 heteroatoms. The first-order valence-corrected chi connectivity index (χ1v) is 5.69. The minimum atomic E-state index is -0.494. The van der Waals surface area contributed by atoms with Gasteiger partial charge in [0.2, 0.25) is 0 Å². The van der Waals surface area contributed by atoms with E-state index < -0.39 is 5.82 Å². The van der Waals surface area contributed by atoms with Crippen molar-refractivity contribution in [2.45, 2.75) is 18.9 Å². The van der Waals surface area contributed by atoms with Crippen LogP contribution in [0.2, 0.25) is 5.02 Å². The lowest BCUT2D eigenvalue weighted by molar-refractivity contribution is 0.105. The molecule has 0 amide bonds. The lowest BCUT2D eigenvalue weighted by Crippen LogP contribution is -2.35. The van der Waals surface area contributed by atoms with Crippen molar-refractivity contribution in [2.24, 2.45) is 0 Å². The molecule has 1 aromatic rings. The van der Waals surface area contributed by atoms with Crippen molar-refractivity contribution in [1.82, 2.24) is 9.88 Å². The van der Waals surface area contributed by atoms with Crippen molar-refractivity contribution in [3.05, 3.63) is 23.1 Å². The fourth-order valence-corrected chi connectivity index (χ4v) is 1.89. The van der Waals surface area contributed by atoms with Crippen molar-refractivity contribution in [2.75, 3.05) is 20.1 Å². The Morgan fingerprint density at radius 3 is 2.81 bits per heavy atom. The maximum Gasteiger partial charge on any atom is 0.250 e. The zero-order valence-corrected chi connectivity index (χ0v) is 9.88. The van der Waals surface area contributed by atoms with E-state index in [-0.39, 0.29) is 17.0 Å². The maximum absolute atomic E-state index is 13.4. The van der Waals surface area contributed by atoms with Crippen LogP contribution in [0.3, 0.4) is 0 Å². The van der Waals surface area contributed by atoms with Crippen LogP contribution in [-0.4, -0.2) is 36.1 Å². The van der Waals surface area contributed by atoms with E-state index in [0.717, 1.165) is 25.9 Å². The molecule has 2 heterocycles. The molecular formula is C11H14ClFN2O. The highest BCUT2D eigenvalue weighted by Gasteiger charge is 2.19. The van der Waals surface area contributed by atoms with Crippen LogP contribution in [-0.2, 0) is 0 Å². The summed E-state index contributed by atoms with van der Waals surface area (Å²) in [5.41, 5.74) is 0. The quantitative estimate of drug-likeness (QED) is 0.799. The molecule has 1 saturated heterocycles. The van der Waals surface area contributed by atoms with E-state index in [9.17, 15) is 4.39 Å². The Balaban J connectivity index is 1.98. The average molecular weight is 245 g/mol. The lowest BCUT2D eigenvalue weighted by Gasteiger charge is -2.28. The minimum Gasteiger partial charge on any atom is -0.472 e. The van der Waals surface area contributed by atoms with Crippen LogP contribution >= 0.6 is 11.6 Å². The second-order valence-corrected chi connectivity index (χ2v) is 4.50. The van der Waals surface area contributed by atoms with Crippen LogP contribution in [0.25, 0.3) is 0 Å². The summed E-state index contributed by atoms with van der Waals surface area (Å²) >= 11 is 5.61. The summed E-state index contributed by atoms with van der Waals surface area (Å²) in [6, 6.07) is 1.22. The molecule has 0 bridgehead atoms. The van der Waals surface area contributed by atoms with Crippen LogP contribution in [0, 0.1) is 5.82 Å². The lowest BCUT2D eigenvalue weighted by atomic mass is 10.1. The van der Waals surface area contributed by atoms with Gasteiger partial charge in [0, 0.05) is 19.3 Å². The molecule has 0 N–H and O–H groups in total. The zero-order valence-electron chi connectivity index (χ0n) is 9.12. The van der Waals surface area contributed by atoms with Gasteiger partial charge in [-0.1, -0.05) is 11.6 Å². The first-order chi connectivity index (χ1) is 7.65. The average Bonchev–Trinajstić information content (AvgIpc) is 2.25. The second kappa shape index (κ2) is 4.97. The van der Waals surface area contributed by atoms with Crippen molar-refractivity contribution in [3.63, 3.8) is 0 Å². The van der Waals surface area contributed by atoms with Crippen molar-refractivity contribution in [1.29, 1.82) is 0 Å². The highest BCUT2D eigenvalue weighted by atomic mass is 35.5. The molecule has 0 radical (unpaired) electrons. The number of hydrogen-bond acceptors (Lipinski definition) is 3. The molecule has 2 rings (SSSR count). The number of likely N-dealkylation sites (tertiary alicyclic amines) is 1. The van der Waals surface area contributed by atoms with E-state index in [1.165, 1.54) is 12.3 Å². The molecule has 88 valence electrons. The third-order valence-electron chi connectivity index (χ3n) is 2.72. The molecule has 0 saturated carbocycles. The number of hydrogen-bond donors (Lipinski definition) is 0. The van der Waals surface area contributed by atoms with Gasteiger partial charge in [0.1, 0.15) is 6.10 Å². The van der Waals surface area contributed by atoms with Gasteiger partial charge in [0.05, 0.1) is 5.02 Å². The summed E-state index contributed by atoms with van der Waals surface area (Å²) in [6.45, 7) is 1.94. The number of aromatic nitrogens is 1. The van der Waals surface area contributed by atoms with Crippen molar-refractivity contribution < 1.29 is 9.13 Å². The van der Waals surface area contributed by atoms with Crippen LogP contribution in [0.15, 0.2) is 12.3 Å². The Morgan fingerprint density at radius 1 is 1.50 bits per heavy atom. The highest BCUT2D eigenvalue weighted by Crippen LogP contribution is 2.21. The molecule has 0 aliphatic carbocycles. The van der Waals surface area contributed by atoms with Gasteiger partial charge >= 0.3 is 0 Å². The highest BCUT2D eigenvalue weighted by molar-refractivity contribution is 6.30. The topological polar surface area (TPSA) is 25.4 Å². The Hall–Kier alpha value is -0.870. The van der Waals surface area contributed by atoms with Crippen LogP contribution in [0.4, 0.5) is 4.39 Å². The van der Waals surface area contributed by atoms with Crippen LogP contribution < -0.4 is 4.74 Å². The van der Waals surface area contributed by atoms with Gasteiger partial charge in [-0.25, -0.2) is 9.37 Å². The molecule has 0 spiro atoms. The summed E-state index contributed by atoms with van der Waals surface area (Å²) in [7, 11) is 2.07. The number of pyridine rings is 1. The van der Waals surface area contributed by atoms with E-state index in [2.05, 4.69) is 16.9 Å². The molecule has 0 atom stereocenters. The molecule has 1 fully saturated rings. The van der Waals surface area contributed by atoms with Gasteiger partial charge in [-0.05, 0) is 26.0 Å². The zero-order chi connectivity index (χ0) is 11.5. The number of nitrogens with zero attached hydrogens (tertiary/aromatic N) is 2. The fourth-order valence-electron chi connectivity index (χ4n) is 1.75. The van der Waals surface area contributed by atoms with Gasteiger partial charge in [0.25, 0.3) is 5.88 Å². The molecule has 1 aliphatic heterocycles. The summed E-state index contributed by atoms with van der Waals surface area (Å²) in [6.07, 6.45) is 3.26. The van der Waals surface area contributed by atoms with Gasteiger partial charge in [-0.3, -0.25) is 0 Å². The van der Waals surface area contributed by atoms with E-state index >= 15 is 0 Å². The van der Waals surface area contributed by atoms with Gasteiger partial charge in [0.15, 0.2) is 5.82 Å². The third-order valence-corrected chi connectivity index (χ3v) is 2.92. The van der Waals surface area contributed by atoms with E-state index in [4.69, 9.17) is 16.3 Å². The number of halogens is 2. The first kappa shape index (κ1) is 11.6. The smallest absolute Gasteiger partial charge is 0.250 e. The van der Waals surface area contributed by atoms with E-state index in [0.29, 0.717) is 0 Å². The molecule has 3 nitrogen and oxygen atoms in total. The van der Waals surface area contributed by atoms with E-state index in [1.807, 2.05) is 0 Å². The Labute approximate surface area is 99.2 Å². The predicted molar refractivity (Wildman–Crippen MR) is 60.4 cm³/mol. The van der Waals surface area contributed by atoms with Crippen LogP contribution in [0.5, 0.6) is 5.88 Å². The van der Waals surface area contributed by atoms with E-state index in [1.54, 1.807) is 0 Å². The molecule has 1 aliphatic rings. The van der Waals surface area contributed by atoms with Crippen LogP contribution in [0.1, 0.15) is 12.8 Å². The molecule has 16 heavy (non-hydrogen) atoms. The molecule has 0 aromatic carbocycles. The van der Waals surface area contributed by atoms with Gasteiger partial charge in [-0.2, -0.15) is 0 Å². The summed E-state index contributed by atoms with van der Waals surface area (Å²) in [5, 5.41) is 0.285. The Bertz CT molecular complexity index is 367. The predicted octanol–water partition coefficient (Wildman–Crippen LogP) is 2.35. The van der Waals surface area contributed by atoms with Gasteiger partial charge < -0.3 is 9.64 Å². The number of rotatable bonds is 2.